The Balaban J connectivity index is 0.791. The van der Waals surface area contributed by atoms with Gasteiger partial charge < -0.3 is 19.6 Å². The zero-order valence-electron chi connectivity index (χ0n) is 31.8. The molecular weight excluding hydrogens is 705 g/mol. The highest BCUT2D eigenvalue weighted by Crippen LogP contribution is 2.44. The zero-order valence-corrected chi connectivity index (χ0v) is 31.8. The van der Waals surface area contributed by atoms with Gasteiger partial charge in [0.2, 0.25) is 11.8 Å². The van der Waals surface area contributed by atoms with Crippen molar-refractivity contribution in [2.45, 2.75) is 57.9 Å². The molecule has 4 heterocycles. The molecule has 3 fully saturated rings. The SMILES string of the molecule is CC/C(=C(\c1ccc(O)cc1)c1ccc(OCCCCN2CCC3(CC2)CN(c2ccc4c(c2)C(=O)N(C2CCC(=O)NC2=O)C4=O)C3)cc1)c1ccccc1. The lowest BCUT2D eigenvalue weighted by atomic mass is 9.71. The summed E-state index contributed by atoms with van der Waals surface area (Å²) in [6, 6.07) is 30.7. The standard InChI is InChI=1S/C46H48N4O6/c1-2-37(31-8-4-3-5-9-31)42(32-10-15-35(51)16-11-32)33-12-17-36(18-13-33)56-27-7-6-24-48-25-22-46(23-26-48)29-49(30-46)34-14-19-38-39(28-34)45(55)50(44(38)54)40-20-21-41(52)47-43(40)53/h3-5,8-19,28,40,51H,2,6-7,20-27,29-30H2,1H3,(H,47,52,53)/b42-37-. The Morgan fingerprint density at radius 1 is 0.804 bits per heavy atom. The van der Waals surface area contributed by atoms with E-state index in [1.54, 1.807) is 24.3 Å². The Kier molecular flexibility index (Phi) is 10.5. The van der Waals surface area contributed by atoms with Gasteiger partial charge in [-0.1, -0.05) is 61.5 Å². The van der Waals surface area contributed by atoms with Gasteiger partial charge in [-0.3, -0.25) is 29.4 Å². The van der Waals surface area contributed by atoms with Crippen LogP contribution < -0.4 is 15.0 Å². The fourth-order valence-electron chi connectivity index (χ4n) is 8.82. The number of nitrogens with one attached hydrogen (secondary N) is 1. The number of phenolic OH excluding ortho intramolecular Hbond substituents is 1. The third-order valence-corrected chi connectivity index (χ3v) is 12.0. The van der Waals surface area contributed by atoms with Crippen LogP contribution in [-0.4, -0.2) is 83.9 Å². The summed E-state index contributed by atoms with van der Waals surface area (Å²) < 4.78 is 6.18. The summed E-state index contributed by atoms with van der Waals surface area (Å²) in [6.45, 7) is 7.86. The number of rotatable bonds is 12. The maximum atomic E-state index is 13.3. The molecule has 4 aromatic carbocycles. The van der Waals surface area contributed by atoms with Crippen LogP contribution in [-0.2, 0) is 9.59 Å². The summed E-state index contributed by atoms with van der Waals surface area (Å²) in [5.74, 6) is -0.808. The molecule has 56 heavy (non-hydrogen) atoms. The van der Waals surface area contributed by atoms with E-state index in [1.807, 2.05) is 24.3 Å². The van der Waals surface area contributed by atoms with Gasteiger partial charge in [0, 0.05) is 30.6 Å². The van der Waals surface area contributed by atoms with E-state index in [-0.39, 0.29) is 29.9 Å². The molecule has 4 aliphatic heterocycles. The fraction of sp³-hybridized carbons (Fsp3) is 0.348. The molecule has 4 aromatic rings. The second kappa shape index (κ2) is 15.8. The van der Waals surface area contributed by atoms with E-state index < -0.39 is 23.8 Å². The first-order chi connectivity index (χ1) is 27.2. The first kappa shape index (κ1) is 37.2. The Hall–Kier alpha value is -5.74. The topological polar surface area (TPSA) is 119 Å². The Morgan fingerprint density at radius 3 is 2.16 bits per heavy atom. The number of carbonyl (C=O) groups is 4. The molecule has 0 bridgehead atoms. The lowest BCUT2D eigenvalue weighted by Crippen LogP contribution is -2.60. The molecule has 0 aliphatic carbocycles. The Morgan fingerprint density at radius 2 is 1.48 bits per heavy atom. The van der Waals surface area contributed by atoms with Crippen molar-refractivity contribution in [2.75, 3.05) is 44.2 Å². The zero-order chi connectivity index (χ0) is 38.8. The largest absolute Gasteiger partial charge is 0.508 e. The van der Waals surface area contributed by atoms with Crippen LogP contribution in [0.4, 0.5) is 5.69 Å². The summed E-state index contributed by atoms with van der Waals surface area (Å²) in [5, 5.41) is 12.2. The molecule has 0 aromatic heterocycles. The summed E-state index contributed by atoms with van der Waals surface area (Å²) in [4.78, 5) is 56.3. The van der Waals surface area contributed by atoms with Gasteiger partial charge in [0.1, 0.15) is 17.5 Å². The molecule has 8 rings (SSSR count). The number of nitrogens with zero attached hydrogens (tertiary/aromatic N) is 3. The summed E-state index contributed by atoms with van der Waals surface area (Å²) in [6.07, 6.45) is 5.42. The minimum absolute atomic E-state index is 0.103. The number of allylic oxidation sites excluding steroid dienone is 1. The number of anilines is 1. The third-order valence-electron chi connectivity index (χ3n) is 12.0. The van der Waals surface area contributed by atoms with Crippen LogP contribution in [0.25, 0.3) is 11.1 Å². The van der Waals surface area contributed by atoms with Crippen LogP contribution >= 0.6 is 0 Å². The fourth-order valence-corrected chi connectivity index (χ4v) is 8.82. The number of imide groups is 2. The van der Waals surface area contributed by atoms with Gasteiger partial charge in [-0.2, -0.15) is 0 Å². The lowest BCUT2D eigenvalue weighted by Gasteiger charge is -2.55. The number of amides is 4. The normalized spacial score (nSPS) is 19.8. The van der Waals surface area contributed by atoms with Crippen molar-refractivity contribution < 1.29 is 29.0 Å². The predicted molar refractivity (Wildman–Crippen MR) is 215 cm³/mol. The van der Waals surface area contributed by atoms with Crippen molar-refractivity contribution >= 4 is 40.5 Å². The average molecular weight is 753 g/mol. The number of fused-ring (bicyclic) bond motifs is 1. The van der Waals surface area contributed by atoms with E-state index in [9.17, 15) is 24.3 Å². The van der Waals surface area contributed by atoms with Crippen molar-refractivity contribution in [3.8, 4) is 11.5 Å². The predicted octanol–water partition coefficient (Wildman–Crippen LogP) is 6.92. The average Bonchev–Trinajstić information content (AvgIpc) is 3.45. The number of unbranched alkanes of at least 4 members (excludes halogenated alkanes) is 1. The summed E-state index contributed by atoms with van der Waals surface area (Å²) >= 11 is 0. The van der Waals surface area contributed by atoms with Crippen LogP contribution in [0.2, 0.25) is 0 Å². The molecule has 2 N–H and O–H groups in total. The second-order valence-corrected chi connectivity index (χ2v) is 15.6. The maximum absolute atomic E-state index is 13.3. The number of piperidine rings is 2. The molecule has 0 radical (unpaired) electrons. The van der Waals surface area contributed by atoms with Gasteiger partial charge in [-0.05, 0) is 128 Å². The summed E-state index contributed by atoms with van der Waals surface area (Å²) in [5.41, 5.74) is 7.59. The quantitative estimate of drug-likeness (QED) is 0.0910. The van der Waals surface area contributed by atoms with Gasteiger partial charge in [0.05, 0.1) is 17.7 Å². The molecule has 288 valence electrons. The number of carbonyl (C=O) groups excluding carboxylic acids is 4. The molecule has 1 spiro atoms. The van der Waals surface area contributed by atoms with Gasteiger partial charge >= 0.3 is 0 Å². The van der Waals surface area contributed by atoms with E-state index >= 15 is 0 Å². The molecule has 1 unspecified atom stereocenters. The highest BCUT2D eigenvalue weighted by molar-refractivity contribution is 6.23. The van der Waals surface area contributed by atoms with E-state index in [0.29, 0.717) is 17.7 Å². The first-order valence-electron chi connectivity index (χ1n) is 19.9. The number of ether oxygens (including phenoxy) is 1. The molecular formula is C46H48N4O6. The molecule has 10 heteroatoms. The molecule has 10 nitrogen and oxygen atoms in total. The van der Waals surface area contributed by atoms with E-state index in [0.717, 1.165) is 97.9 Å². The number of phenols is 1. The minimum Gasteiger partial charge on any atom is -0.508 e. The van der Waals surface area contributed by atoms with Gasteiger partial charge in [0.15, 0.2) is 0 Å². The number of hydrogen-bond acceptors (Lipinski definition) is 8. The molecule has 1 atom stereocenters. The van der Waals surface area contributed by atoms with Gasteiger partial charge in [-0.25, -0.2) is 0 Å². The van der Waals surface area contributed by atoms with Crippen molar-refractivity contribution in [1.82, 2.24) is 15.1 Å². The minimum atomic E-state index is -0.957. The van der Waals surface area contributed by atoms with Crippen molar-refractivity contribution in [2.24, 2.45) is 5.41 Å². The van der Waals surface area contributed by atoms with Crippen LogP contribution in [0.15, 0.2) is 97.1 Å². The van der Waals surface area contributed by atoms with Crippen LogP contribution in [0.3, 0.4) is 0 Å². The second-order valence-electron chi connectivity index (χ2n) is 15.6. The first-order valence-corrected chi connectivity index (χ1v) is 19.9. The smallest absolute Gasteiger partial charge is 0.262 e. The highest BCUT2D eigenvalue weighted by atomic mass is 16.5. The summed E-state index contributed by atoms with van der Waals surface area (Å²) in [7, 11) is 0. The van der Waals surface area contributed by atoms with E-state index in [2.05, 4.69) is 70.6 Å². The Bertz CT molecular complexity index is 2150. The van der Waals surface area contributed by atoms with Crippen LogP contribution in [0, 0.1) is 5.41 Å². The lowest BCUT2D eigenvalue weighted by molar-refractivity contribution is -0.136. The Labute approximate surface area is 327 Å². The van der Waals surface area contributed by atoms with Gasteiger partial charge in [-0.15, -0.1) is 0 Å². The number of benzene rings is 4. The number of hydrogen-bond donors (Lipinski definition) is 2. The van der Waals surface area contributed by atoms with Gasteiger partial charge in [0.25, 0.3) is 11.8 Å². The van der Waals surface area contributed by atoms with Crippen LogP contribution in [0.5, 0.6) is 11.5 Å². The van der Waals surface area contributed by atoms with Crippen molar-refractivity contribution in [3.05, 3.63) is 125 Å². The molecule has 0 saturated carbocycles. The van der Waals surface area contributed by atoms with Crippen LogP contribution in [0.1, 0.15) is 89.3 Å². The van der Waals surface area contributed by atoms with E-state index in [4.69, 9.17) is 4.74 Å². The number of likely N-dealkylation sites (tertiary alicyclic amines) is 1. The molecule has 4 aliphatic rings. The maximum Gasteiger partial charge on any atom is 0.262 e. The van der Waals surface area contributed by atoms with E-state index in [1.165, 1.54) is 11.1 Å². The molecule has 3 saturated heterocycles. The number of aromatic hydroxyl groups is 1. The molecule has 4 amide bonds. The third kappa shape index (κ3) is 7.45. The highest BCUT2D eigenvalue weighted by Gasteiger charge is 2.47. The van der Waals surface area contributed by atoms with Crippen molar-refractivity contribution in [3.63, 3.8) is 0 Å². The van der Waals surface area contributed by atoms with Crippen molar-refractivity contribution in [1.29, 1.82) is 0 Å². The monoisotopic (exact) mass is 752 g/mol.